The van der Waals surface area contributed by atoms with Gasteiger partial charge < -0.3 is 18.9 Å². The minimum absolute atomic E-state index is 0.0461. The average molecular weight is 852 g/mol. The summed E-state index contributed by atoms with van der Waals surface area (Å²) in [5.41, 5.74) is 3.37. The molecule has 312 valence electrons. The van der Waals surface area contributed by atoms with E-state index in [-0.39, 0.29) is 36.2 Å². The first-order chi connectivity index (χ1) is 29.0. The molecule has 0 spiro atoms. The lowest BCUT2D eigenvalue weighted by Gasteiger charge is -2.22. The van der Waals surface area contributed by atoms with E-state index in [1.807, 2.05) is 103 Å². The van der Waals surface area contributed by atoms with Gasteiger partial charge in [-0.1, -0.05) is 54.6 Å². The lowest BCUT2D eigenvalue weighted by Crippen LogP contribution is -2.30. The summed E-state index contributed by atoms with van der Waals surface area (Å²) in [5, 5.41) is 10.6. The molecule has 0 fully saturated rings. The molecule has 0 atom stereocenters. The highest BCUT2D eigenvalue weighted by Crippen LogP contribution is 2.25. The van der Waals surface area contributed by atoms with Gasteiger partial charge in [0.2, 0.25) is 0 Å². The lowest BCUT2D eigenvalue weighted by atomic mass is 10.2. The highest BCUT2D eigenvalue weighted by Gasteiger charge is 2.29. The fourth-order valence-electron chi connectivity index (χ4n) is 5.91. The van der Waals surface area contributed by atoms with E-state index >= 15 is 0 Å². The fourth-order valence-corrected chi connectivity index (χ4v) is 8.55. The minimum atomic E-state index is -3.90. The molecule has 0 unspecified atom stereocenters. The van der Waals surface area contributed by atoms with Gasteiger partial charge in [-0.15, -0.1) is 0 Å². The van der Waals surface area contributed by atoms with Crippen LogP contribution in [-0.2, 0) is 46.2 Å². The maximum absolute atomic E-state index is 13.6. The summed E-state index contributed by atoms with van der Waals surface area (Å²) in [6.45, 7) is 0.790. The molecule has 0 radical (unpaired) electrons. The normalized spacial score (nSPS) is 11.5. The zero-order valence-corrected chi connectivity index (χ0v) is 35.1. The molecule has 1 N–H and O–H groups in total. The van der Waals surface area contributed by atoms with E-state index < -0.39 is 20.0 Å². The number of nitrogens with zero attached hydrogens (tertiary/aromatic N) is 6. The molecule has 0 amide bonds. The van der Waals surface area contributed by atoms with E-state index in [1.54, 1.807) is 53.0 Å². The molecule has 0 aliphatic rings. The van der Waals surface area contributed by atoms with Gasteiger partial charge in [0.05, 0.1) is 34.6 Å². The van der Waals surface area contributed by atoms with Crippen molar-refractivity contribution in [1.82, 2.24) is 33.6 Å². The van der Waals surface area contributed by atoms with Crippen LogP contribution in [0.15, 0.2) is 156 Å². The van der Waals surface area contributed by atoms with Gasteiger partial charge in [-0.25, -0.2) is 26.5 Å². The molecular weight excluding hydrogens is 807 g/mol. The standard InChI is InChI=1S/C24H24N4O4S.C19H21N3O4S/c1-31-21-10-6-19(7-11-21)17-27(18-20-8-12-22(32-2)13-9-20)33(29,30)24-14-16-28(26-24)23-5-3-4-15-25-23;1-25-17-7-3-15(4-8-17)13-22(27(23,24)19-11-12-20-21-19)14-16-5-9-18(26-2)10-6-16/h3-16H,17-18H2,1-2H3;3-12H,13-14H2,1-2H3,(H,20,21). The summed E-state index contributed by atoms with van der Waals surface area (Å²) in [7, 11) is -1.27. The van der Waals surface area contributed by atoms with Crippen LogP contribution in [-0.4, -0.2) is 78.8 Å². The maximum Gasteiger partial charge on any atom is 0.263 e. The van der Waals surface area contributed by atoms with Crippen LogP contribution in [0.3, 0.4) is 0 Å². The van der Waals surface area contributed by atoms with E-state index in [9.17, 15) is 16.8 Å². The van der Waals surface area contributed by atoms with Crippen molar-refractivity contribution in [3.63, 3.8) is 0 Å². The van der Waals surface area contributed by atoms with Gasteiger partial charge in [0.15, 0.2) is 15.9 Å². The van der Waals surface area contributed by atoms with E-state index in [1.165, 1.54) is 31.6 Å². The summed E-state index contributed by atoms with van der Waals surface area (Å²) >= 11 is 0. The van der Waals surface area contributed by atoms with Crippen LogP contribution < -0.4 is 18.9 Å². The second-order valence-corrected chi connectivity index (χ2v) is 16.9. The fraction of sp³-hybridized carbons (Fsp3) is 0.186. The van der Waals surface area contributed by atoms with E-state index in [0.717, 1.165) is 33.8 Å². The topological polar surface area (TPSA) is 171 Å². The van der Waals surface area contributed by atoms with Crippen molar-refractivity contribution in [2.45, 2.75) is 36.2 Å². The van der Waals surface area contributed by atoms with Crippen molar-refractivity contribution in [3.05, 3.63) is 168 Å². The van der Waals surface area contributed by atoms with Crippen LogP contribution >= 0.6 is 0 Å². The number of hydrogen-bond donors (Lipinski definition) is 1. The molecule has 0 bridgehead atoms. The first-order valence-electron chi connectivity index (χ1n) is 18.5. The third kappa shape index (κ3) is 10.9. The number of methoxy groups -OCH3 is 4. The van der Waals surface area contributed by atoms with Crippen molar-refractivity contribution >= 4 is 20.0 Å². The van der Waals surface area contributed by atoms with Crippen molar-refractivity contribution in [1.29, 1.82) is 0 Å². The van der Waals surface area contributed by atoms with Crippen molar-refractivity contribution < 1.29 is 35.8 Å². The minimum Gasteiger partial charge on any atom is -0.497 e. The average Bonchev–Trinajstić information content (AvgIpc) is 4.03. The van der Waals surface area contributed by atoms with E-state index in [4.69, 9.17) is 18.9 Å². The van der Waals surface area contributed by atoms with Crippen LogP contribution in [0.4, 0.5) is 0 Å². The molecule has 60 heavy (non-hydrogen) atoms. The zero-order chi connectivity index (χ0) is 42.5. The van der Waals surface area contributed by atoms with Crippen LogP contribution in [0.1, 0.15) is 22.3 Å². The highest BCUT2D eigenvalue weighted by atomic mass is 32.2. The molecule has 3 heterocycles. The Labute approximate surface area is 349 Å². The zero-order valence-electron chi connectivity index (χ0n) is 33.5. The third-order valence-corrected chi connectivity index (χ3v) is 12.6. The number of nitrogens with one attached hydrogen (secondary N) is 1. The summed E-state index contributed by atoms with van der Waals surface area (Å²) in [5.74, 6) is 3.39. The van der Waals surface area contributed by atoms with Gasteiger partial charge in [0, 0.05) is 38.6 Å². The third-order valence-electron chi connectivity index (χ3n) is 9.22. The molecule has 4 aromatic carbocycles. The highest BCUT2D eigenvalue weighted by molar-refractivity contribution is 7.89. The number of H-pyrrole nitrogens is 1. The number of hydrogen-bond acceptors (Lipinski definition) is 11. The first-order valence-corrected chi connectivity index (χ1v) is 21.4. The van der Waals surface area contributed by atoms with Crippen LogP contribution in [0, 0.1) is 0 Å². The molecule has 0 aliphatic heterocycles. The molecule has 15 nitrogen and oxygen atoms in total. The number of aromatic amines is 1. The second kappa shape index (κ2) is 20.0. The molecule has 3 aromatic heterocycles. The Kier molecular flexibility index (Phi) is 14.3. The van der Waals surface area contributed by atoms with Crippen molar-refractivity contribution in [2.24, 2.45) is 0 Å². The van der Waals surface area contributed by atoms with Crippen LogP contribution in [0.2, 0.25) is 0 Å². The molecular formula is C43H45N7O8S2. The number of rotatable bonds is 17. The van der Waals surface area contributed by atoms with E-state index in [0.29, 0.717) is 17.3 Å². The maximum atomic E-state index is 13.6. The number of aromatic nitrogens is 5. The number of sulfonamides is 2. The van der Waals surface area contributed by atoms with Crippen molar-refractivity contribution in [2.75, 3.05) is 28.4 Å². The predicted octanol–water partition coefficient (Wildman–Crippen LogP) is 6.49. The van der Waals surface area contributed by atoms with Gasteiger partial charge in [0.25, 0.3) is 20.0 Å². The second-order valence-electron chi connectivity index (χ2n) is 13.1. The van der Waals surface area contributed by atoms with E-state index in [2.05, 4.69) is 20.3 Å². The van der Waals surface area contributed by atoms with Crippen LogP contribution in [0.5, 0.6) is 23.0 Å². The van der Waals surface area contributed by atoms with Gasteiger partial charge in [-0.3, -0.25) is 5.10 Å². The van der Waals surface area contributed by atoms with Crippen LogP contribution in [0.25, 0.3) is 5.82 Å². The molecule has 0 aliphatic carbocycles. The van der Waals surface area contributed by atoms with Gasteiger partial charge in [-0.2, -0.15) is 18.8 Å². The SMILES string of the molecule is COc1ccc(CN(Cc2ccc(OC)cc2)S(=O)(=O)c2ccn(-c3ccccn3)n2)cc1.COc1ccc(CN(Cc2ccc(OC)cc2)S(=O)(=O)c2ccn[nH]2)cc1. The lowest BCUT2D eigenvalue weighted by molar-refractivity contribution is 0.395. The monoisotopic (exact) mass is 851 g/mol. The Morgan fingerprint density at radius 1 is 0.517 bits per heavy atom. The summed E-state index contributed by atoms with van der Waals surface area (Å²) in [6, 6.07) is 37.6. The number of pyridine rings is 1. The molecule has 7 aromatic rings. The number of benzene rings is 4. The Balaban J connectivity index is 0.000000205. The number of ether oxygens (including phenoxy) is 4. The van der Waals surface area contributed by atoms with Gasteiger partial charge in [0.1, 0.15) is 23.0 Å². The molecule has 17 heteroatoms. The first kappa shape index (κ1) is 43.1. The predicted molar refractivity (Wildman–Crippen MR) is 225 cm³/mol. The Hall–Kier alpha value is -6.53. The summed E-state index contributed by atoms with van der Waals surface area (Å²) in [4.78, 5) is 4.23. The molecule has 0 saturated heterocycles. The largest absolute Gasteiger partial charge is 0.497 e. The quantitative estimate of drug-likeness (QED) is 0.106. The summed E-state index contributed by atoms with van der Waals surface area (Å²) < 4.78 is 78.3. The summed E-state index contributed by atoms with van der Waals surface area (Å²) in [6.07, 6.45) is 4.64. The Morgan fingerprint density at radius 3 is 1.28 bits per heavy atom. The van der Waals surface area contributed by atoms with Gasteiger partial charge >= 0.3 is 0 Å². The van der Waals surface area contributed by atoms with Crippen molar-refractivity contribution in [3.8, 4) is 28.8 Å². The van der Waals surface area contributed by atoms with Gasteiger partial charge in [-0.05, 0) is 95.1 Å². The Bertz CT molecular complexity index is 2510. The molecule has 7 rings (SSSR count). The smallest absolute Gasteiger partial charge is 0.263 e. The molecule has 0 saturated carbocycles. The Morgan fingerprint density at radius 2 is 0.933 bits per heavy atom.